The van der Waals surface area contributed by atoms with Crippen molar-refractivity contribution in [3.8, 4) is 5.75 Å². The summed E-state index contributed by atoms with van der Waals surface area (Å²) in [5, 5.41) is 0. The summed E-state index contributed by atoms with van der Waals surface area (Å²) in [6.07, 6.45) is 4.10. The lowest BCUT2D eigenvalue weighted by Crippen LogP contribution is -2.29. The summed E-state index contributed by atoms with van der Waals surface area (Å²) in [4.78, 5) is 25.9. The van der Waals surface area contributed by atoms with E-state index in [4.69, 9.17) is 4.74 Å². The zero-order chi connectivity index (χ0) is 17.8. The summed E-state index contributed by atoms with van der Waals surface area (Å²) in [7, 11) is 1.73. The summed E-state index contributed by atoms with van der Waals surface area (Å²) in [6, 6.07) is 13.1. The predicted molar refractivity (Wildman–Crippen MR) is 97.5 cm³/mol. The highest BCUT2D eigenvalue weighted by atomic mass is 16.5. The molecule has 0 aliphatic carbocycles. The van der Waals surface area contributed by atoms with Gasteiger partial charge in [-0.15, -0.1) is 0 Å². The monoisotopic (exact) mass is 338 g/mol. The lowest BCUT2D eigenvalue weighted by atomic mass is 10.2. The Balaban J connectivity index is 1.59. The van der Waals surface area contributed by atoms with E-state index in [0.29, 0.717) is 18.8 Å². The molecule has 1 aromatic heterocycles. The normalized spacial score (nSPS) is 17.2. The summed E-state index contributed by atoms with van der Waals surface area (Å²) in [5.74, 6) is 0.551. The molecule has 0 saturated carbocycles. The fourth-order valence-corrected chi connectivity index (χ4v) is 2.86. The van der Waals surface area contributed by atoms with E-state index in [0.717, 1.165) is 17.7 Å². The van der Waals surface area contributed by atoms with E-state index in [9.17, 15) is 9.59 Å². The van der Waals surface area contributed by atoms with Crippen LogP contribution in [-0.2, 0) is 11.8 Å². The minimum atomic E-state index is -0.0910. The Bertz CT molecular complexity index is 840. The Labute approximate surface area is 147 Å². The Morgan fingerprint density at radius 2 is 2.00 bits per heavy atom. The van der Waals surface area contributed by atoms with Crippen LogP contribution in [0.25, 0.3) is 6.08 Å². The Morgan fingerprint density at radius 1 is 1.24 bits per heavy atom. The molecule has 1 saturated heterocycles. The molecule has 1 amide bonds. The number of hydrogen-bond donors (Lipinski definition) is 0. The standard InChI is InChI=1S/C20H22N2O3/c1-15-12-18(13-20(24)21(15)2)25-17-10-11-22(14-17)19(23)9-8-16-6-4-3-5-7-16/h3-9,12-13,17H,10-11,14H2,1-2H3/b9-8+. The van der Waals surface area contributed by atoms with Crippen molar-refractivity contribution in [2.75, 3.05) is 13.1 Å². The third-order valence-electron chi connectivity index (χ3n) is 4.45. The number of pyridine rings is 1. The van der Waals surface area contributed by atoms with Crippen molar-refractivity contribution in [3.63, 3.8) is 0 Å². The first-order chi connectivity index (χ1) is 12.0. The van der Waals surface area contributed by atoms with E-state index in [-0.39, 0.29) is 17.6 Å². The first-order valence-electron chi connectivity index (χ1n) is 8.39. The highest BCUT2D eigenvalue weighted by Gasteiger charge is 2.26. The number of carbonyl (C=O) groups excluding carboxylic acids is 1. The van der Waals surface area contributed by atoms with E-state index in [1.54, 1.807) is 22.6 Å². The van der Waals surface area contributed by atoms with Gasteiger partial charge in [-0.2, -0.15) is 0 Å². The largest absolute Gasteiger partial charge is 0.488 e. The molecular weight excluding hydrogens is 316 g/mol. The van der Waals surface area contributed by atoms with E-state index in [1.807, 2.05) is 49.4 Å². The second-order valence-corrected chi connectivity index (χ2v) is 6.29. The Hall–Kier alpha value is -2.82. The molecule has 2 heterocycles. The number of amides is 1. The van der Waals surface area contributed by atoms with Gasteiger partial charge in [0.15, 0.2) is 0 Å². The second kappa shape index (κ2) is 7.38. The molecular formula is C20H22N2O3. The zero-order valence-corrected chi connectivity index (χ0v) is 14.5. The topological polar surface area (TPSA) is 51.5 Å². The average molecular weight is 338 g/mol. The number of aromatic nitrogens is 1. The van der Waals surface area contributed by atoms with Gasteiger partial charge in [0.1, 0.15) is 11.9 Å². The number of likely N-dealkylation sites (tertiary alicyclic amines) is 1. The van der Waals surface area contributed by atoms with Gasteiger partial charge in [0.05, 0.1) is 6.54 Å². The van der Waals surface area contributed by atoms with Crippen LogP contribution < -0.4 is 10.3 Å². The zero-order valence-electron chi connectivity index (χ0n) is 14.5. The van der Waals surface area contributed by atoms with Gasteiger partial charge in [0, 0.05) is 37.8 Å². The van der Waals surface area contributed by atoms with Crippen LogP contribution in [0.15, 0.2) is 53.3 Å². The smallest absolute Gasteiger partial charge is 0.254 e. The maximum Gasteiger partial charge on any atom is 0.254 e. The van der Waals surface area contributed by atoms with Crippen LogP contribution in [0.2, 0.25) is 0 Å². The van der Waals surface area contributed by atoms with Crippen molar-refractivity contribution >= 4 is 12.0 Å². The summed E-state index contributed by atoms with van der Waals surface area (Å²) >= 11 is 0. The quantitative estimate of drug-likeness (QED) is 0.805. The van der Waals surface area contributed by atoms with Crippen LogP contribution in [-0.4, -0.2) is 34.6 Å². The molecule has 1 atom stereocenters. The van der Waals surface area contributed by atoms with E-state index in [1.165, 1.54) is 6.07 Å². The SMILES string of the molecule is Cc1cc(OC2CCN(C(=O)/C=C/c3ccccc3)C2)cc(=O)n1C. The van der Waals surface area contributed by atoms with Crippen LogP contribution in [0.5, 0.6) is 5.75 Å². The number of hydrogen-bond acceptors (Lipinski definition) is 3. The van der Waals surface area contributed by atoms with Crippen LogP contribution in [0, 0.1) is 6.92 Å². The summed E-state index contributed by atoms with van der Waals surface area (Å²) in [5.41, 5.74) is 1.75. The van der Waals surface area contributed by atoms with Gasteiger partial charge >= 0.3 is 0 Å². The molecule has 5 nitrogen and oxygen atoms in total. The van der Waals surface area contributed by atoms with Crippen LogP contribution in [0.4, 0.5) is 0 Å². The van der Waals surface area contributed by atoms with Gasteiger partial charge in [0.25, 0.3) is 5.56 Å². The summed E-state index contributed by atoms with van der Waals surface area (Å²) in [6.45, 7) is 3.06. The maximum absolute atomic E-state index is 12.3. The van der Waals surface area contributed by atoms with Crippen LogP contribution in [0.3, 0.4) is 0 Å². The van der Waals surface area contributed by atoms with E-state index >= 15 is 0 Å². The van der Waals surface area contributed by atoms with E-state index < -0.39 is 0 Å². The molecule has 25 heavy (non-hydrogen) atoms. The Morgan fingerprint density at radius 3 is 2.72 bits per heavy atom. The van der Waals surface area contributed by atoms with Crippen LogP contribution >= 0.6 is 0 Å². The molecule has 1 unspecified atom stereocenters. The minimum Gasteiger partial charge on any atom is -0.488 e. The number of nitrogens with zero attached hydrogens (tertiary/aromatic N) is 2. The maximum atomic E-state index is 12.3. The number of rotatable bonds is 4. The first kappa shape index (κ1) is 17.0. The summed E-state index contributed by atoms with van der Waals surface area (Å²) < 4.78 is 7.48. The third kappa shape index (κ3) is 4.18. The average Bonchev–Trinajstić information content (AvgIpc) is 3.07. The molecule has 1 aliphatic heterocycles. The highest BCUT2D eigenvalue weighted by molar-refractivity contribution is 5.92. The lowest BCUT2D eigenvalue weighted by Gasteiger charge is -2.16. The van der Waals surface area contributed by atoms with Gasteiger partial charge < -0.3 is 14.2 Å². The lowest BCUT2D eigenvalue weighted by molar-refractivity contribution is -0.125. The van der Waals surface area contributed by atoms with Crippen molar-refractivity contribution in [2.45, 2.75) is 19.4 Å². The van der Waals surface area contributed by atoms with Gasteiger partial charge in [0.2, 0.25) is 5.91 Å². The number of ether oxygens (including phenoxy) is 1. The second-order valence-electron chi connectivity index (χ2n) is 6.29. The van der Waals surface area contributed by atoms with Gasteiger partial charge in [-0.3, -0.25) is 9.59 Å². The molecule has 0 bridgehead atoms. The number of benzene rings is 1. The van der Waals surface area contributed by atoms with Crippen molar-refractivity contribution in [1.82, 2.24) is 9.47 Å². The highest BCUT2D eigenvalue weighted by Crippen LogP contribution is 2.18. The third-order valence-corrected chi connectivity index (χ3v) is 4.45. The molecule has 0 N–H and O–H groups in total. The predicted octanol–water partition coefficient (Wildman–Crippen LogP) is 2.39. The molecule has 0 radical (unpaired) electrons. The molecule has 1 aliphatic rings. The Kier molecular flexibility index (Phi) is 5.03. The van der Waals surface area contributed by atoms with Gasteiger partial charge in [-0.25, -0.2) is 0 Å². The van der Waals surface area contributed by atoms with Crippen molar-refractivity contribution in [3.05, 3.63) is 70.2 Å². The van der Waals surface area contributed by atoms with Gasteiger partial charge in [-0.1, -0.05) is 30.3 Å². The molecule has 0 spiro atoms. The van der Waals surface area contributed by atoms with E-state index in [2.05, 4.69) is 0 Å². The molecule has 5 heteroatoms. The van der Waals surface area contributed by atoms with Crippen LogP contribution in [0.1, 0.15) is 17.7 Å². The molecule has 3 rings (SSSR count). The fourth-order valence-electron chi connectivity index (χ4n) is 2.86. The number of aryl methyl sites for hydroxylation is 1. The molecule has 2 aromatic rings. The fraction of sp³-hybridized carbons (Fsp3) is 0.300. The minimum absolute atomic E-state index is 0.0184. The van der Waals surface area contributed by atoms with Gasteiger partial charge in [-0.05, 0) is 24.6 Å². The van der Waals surface area contributed by atoms with Crippen molar-refractivity contribution in [1.29, 1.82) is 0 Å². The van der Waals surface area contributed by atoms with Crippen molar-refractivity contribution in [2.24, 2.45) is 7.05 Å². The molecule has 130 valence electrons. The van der Waals surface area contributed by atoms with Crippen molar-refractivity contribution < 1.29 is 9.53 Å². The first-order valence-corrected chi connectivity index (χ1v) is 8.39. The number of carbonyl (C=O) groups is 1. The molecule has 1 fully saturated rings. The molecule has 1 aromatic carbocycles.